The maximum atomic E-state index is 12.8. The van der Waals surface area contributed by atoms with Gasteiger partial charge < -0.3 is 40.2 Å². The number of nitrogens with one attached hydrogen (secondary N) is 4. The first-order valence-corrected chi connectivity index (χ1v) is 12.5. The number of carboxylic acids is 1. The van der Waals surface area contributed by atoms with E-state index < -0.39 is 29.5 Å². The molecule has 2 heterocycles. The summed E-state index contributed by atoms with van der Waals surface area (Å²) in [7, 11) is 3.26. The minimum absolute atomic E-state index is 0.0461. The number of aliphatic carboxylic acids is 1. The number of hydrogen-bond acceptors (Lipinski definition) is 7. The maximum absolute atomic E-state index is 12.8. The summed E-state index contributed by atoms with van der Waals surface area (Å²) < 4.78 is 8.17. The molecule has 0 saturated heterocycles. The van der Waals surface area contributed by atoms with Gasteiger partial charge in [-0.2, -0.15) is 0 Å². The van der Waals surface area contributed by atoms with Gasteiger partial charge in [0.1, 0.15) is 11.3 Å². The number of anilines is 2. The molecule has 0 saturated carbocycles. The molecular formula is C25H37N7O7. The van der Waals surface area contributed by atoms with Crippen LogP contribution >= 0.6 is 0 Å². The summed E-state index contributed by atoms with van der Waals surface area (Å²) in [5.74, 6) is -1.95. The average molecular weight is 548 g/mol. The minimum Gasteiger partial charge on any atom is -0.481 e. The van der Waals surface area contributed by atoms with Crippen LogP contribution in [0.15, 0.2) is 18.5 Å². The molecular weight excluding hydrogens is 510 g/mol. The van der Waals surface area contributed by atoms with E-state index in [1.165, 1.54) is 21.4 Å². The lowest BCUT2D eigenvalue weighted by atomic mass is 10.2. The van der Waals surface area contributed by atoms with Gasteiger partial charge in [-0.3, -0.25) is 19.2 Å². The lowest BCUT2D eigenvalue weighted by Crippen LogP contribution is -2.33. The van der Waals surface area contributed by atoms with E-state index in [-0.39, 0.29) is 42.5 Å². The highest BCUT2D eigenvalue weighted by Gasteiger charge is 2.18. The molecule has 0 spiro atoms. The highest BCUT2D eigenvalue weighted by atomic mass is 16.6. The zero-order chi connectivity index (χ0) is 29.2. The molecule has 0 aromatic carbocycles. The first kappa shape index (κ1) is 30.9. The van der Waals surface area contributed by atoms with Gasteiger partial charge in [-0.1, -0.05) is 0 Å². The predicted molar refractivity (Wildman–Crippen MR) is 142 cm³/mol. The van der Waals surface area contributed by atoms with Crippen LogP contribution in [0.2, 0.25) is 0 Å². The van der Waals surface area contributed by atoms with E-state index in [9.17, 15) is 24.0 Å². The van der Waals surface area contributed by atoms with Crippen LogP contribution < -0.4 is 21.3 Å². The van der Waals surface area contributed by atoms with Crippen molar-refractivity contribution in [2.24, 2.45) is 14.1 Å². The van der Waals surface area contributed by atoms with Crippen molar-refractivity contribution in [3.63, 3.8) is 0 Å². The van der Waals surface area contributed by atoms with Gasteiger partial charge in [0.25, 0.3) is 11.8 Å². The summed E-state index contributed by atoms with van der Waals surface area (Å²) in [4.78, 5) is 63.7. The number of unbranched alkanes of at least 4 members (excludes halogenated alkanes) is 1. The molecule has 14 nitrogen and oxygen atoms in total. The van der Waals surface area contributed by atoms with E-state index in [0.717, 1.165) is 0 Å². The van der Waals surface area contributed by atoms with Crippen molar-refractivity contribution >= 4 is 41.3 Å². The van der Waals surface area contributed by atoms with E-state index in [1.54, 1.807) is 41.1 Å². The highest BCUT2D eigenvalue weighted by molar-refractivity contribution is 6.04. The fraction of sp³-hybridized carbons (Fsp3) is 0.520. The fourth-order valence-corrected chi connectivity index (χ4v) is 3.44. The van der Waals surface area contributed by atoms with E-state index in [0.29, 0.717) is 31.6 Å². The molecule has 2 aromatic rings. The molecule has 5 N–H and O–H groups in total. The first-order chi connectivity index (χ1) is 18.2. The third kappa shape index (κ3) is 10.9. The normalized spacial score (nSPS) is 11.0. The number of carbonyl (C=O) groups excluding carboxylic acids is 4. The summed E-state index contributed by atoms with van der Waals surface area (Å²) in [6, 6.07) is 1.48. The van der Waals surface area contributed by atoms with Gasteiger partial charge in [-0.15, -0.1) is 0 Å². The van der Waals surface area contributed by atoms with E-state index >= 15 is 0 Å². The van der Waals surface area contributed by atoms with Gasteiger partial charge in [0, 0.05) is 52.4 Å². The summed E-state index contributed by atoms with van der Waals surface area (Å²) in [5, 5.41) is 19.4. The smallest absolute Gasteiger partial charge is 0.407 e. The van der Waals surface area contributed by atoms with Crippen molar-refractivity contribution in [1.29, 1.82) is 0 Å². The van der Waals surface area contributed by atoms with Crippen LogP contribution in [0.3, 0.4) is 0 Å². The molecule has 0 atom stereocenters. The molecule has 0 aliphatic carbocycles. The monoisotopic (exact) mass is 547 g/mol. The van der Waals surface area contributed by atoms with Crippen molar-refractivity contribution in [1.82, 2.24) is 24.8 Å². The number of carboxylic acid groups (broad SMARTS) is 1. The zero-order valence-electron chi connectivity index (χ0n) is 22.9. The second-order valence-electron chi connectivity index (χ2n) is 9.93. The van der Waals surface area contributed by atoms with Crippen LogP contribution in [0.25, 0.3) is 0 Å². The van der Waals surface area contributed by atoms with Crippen LogP contribution in [-0.4, -0.2) is 67.7 Å². The maximum Gasteiger partial charge on any atom is 0.407 e. The summed E-state index contributed by atoms with van der Waals surface area (Å²) >= 11 is 0. The predicted octanol–water partition coefficient (Wildman–Crippen LogP) is 2.24. The van der Waals surface area contributed by atoms with E-state index in [4.69, 9.17) is 9.84 Å². The molecule has 0 bridgehead atoms. The number of amides is 4. The molecule has 39 heavy (non-hydrogen) atoms. The molecule has 2 rings (SSSR count). The number of carbonyl (C=O) groups is 5. The third-order valence-electron chi connectivity index (χ3n) is 5.19. The Labute approximate surface area is 226 Å². The largest absolute Gasteiger partial charge is 0.481 e. The van der Waals surface area contributed by atoms with Crippen LogP contribution in [-0.2, 0) is 28.4 Å². The third-order valence-corrected chi connectivity index (χ3v) is 5.19. The van der Waals surface area contributed by atoms with Crippen LogP contribution in [0.1, 0.15) is 74.0 Å². The zero-order valence-corrected chi connectivity index (χ0v) is 22.9. The van der Waals surface area contributed by atoms with E-state index in [2.05, 4.69) is 26.3 Å². The van der Waals surface area contributed by atoms with Crippen molar-refractivity contribution in [2.45, 2.75) is 58.5 Å². The first-order valence-electron chi connectivity index (χ1n) is 12.5. The number of alkyl carbamates (subject to hydrolysis) is 1. The molecule has 4 amide bonds. The quantitative estimate of drug-likeness (QED) is 0.236. The van der Waals surface area contributed by atoms with Gasteiger partial charge in [-0.25, -0.2) is 9.78 Å². The number of aromatic nitrogens is 3. The Morgan fingerprint density at radius 2 is 1.56 bits per heavy atom. The van der Waals surface area contributed by atoms with Crippen molar-refractivity contribution in [3.05, 3.63) is 30.0 Å². The Bertz CT molecular complexity index is 1190. The molecule has 0 radical (unpaired) electrons. The van der Waals surface area contributed by atoms with Crippen molar-refractivity contribution in [2.75, 3.05) is 23.7 Å². The van der Waals surface area contributed by atoms with Gasteiger partial charge in [0.15, 0.2) is 5.82 Å². The summed E-state index contributed by atoms with van der Waals surface area (Å²) in [5.41, 5.74) is 0.0728. The number of hydrogen-bond donors (Lipinski definition) is 5. The molecule has 0 aliphatic heterocycles. The average Bonchev–Trinajstić information content (AvgIpc) is 3.35. The Kier molecular flexibility index (Phi) is 11.1. The van der Waals surface area contributed by atoms with Gasteiger partial charge in [-0.05, 0) is 46.1 Å². The standard InChI is InChI=1S/C25H37N7O7/c1-25(2,3)39-24(38)27-12-7-6-11-26-23(37)21-29-18(15-32(21)5)30-22(36)17-13-16(14-31(17)4)28-19(33)9-8-10-20(34)35/h13-15H,6-12H2,1-5H3,(H,26,37)(H,27,38)(H,28,33)(H,30,36)(H,34,35). The lowest BCUT2D eigenvalue weighted by molar-refractivity contribution is -0.137. The van der Waals surface area contributed by atoms with Crippen molar-refractivity contribution in [3.8, 4) is 0 Å². The second kappa shape index (κ2) is 14.0. The van der Waals surface area contributed by atoms with Crippen LogP contribution in [0.5, 0.6) is 0 Å². The Hall–Kier alpha value is -4.36. The topological polar surface area (TPSA) is 186 Å². The molecule has 0 unspecified atom stereocenters. The second-order valence-corrected chi connectivity index (χ2v) is 9.93. The molecule has 214 valence electrons. The Morgan fingerprint density at radius 3 is 2.21 bits per heavy atom. The number of aryl methyl sites for hydroxylation is 2. The number of nitrogens with zero attached hydrogens (tertiary/aromatic N) is 3. The summed E-state index contributed by atoms with van der Waals surface area (Å²) in [6.07, 6.45) is 4.00. The molecule has 14 heteroatoms. The molecule has 2 aromatic heterocycles. The van der Waals surface area contributed by atoms with Gasteiger partial charge >= 0.3 is 12.1 Å². The minimum atomic E-state index is -0.971. The number of rotatable bonds is 13. The van der Waals surface area contributed by atoms with Crippen LogP contribution in [0.4, 0.5) is 16.3 Å². The SMILES string of the molecule is Cn1cc(NC(=O)CCCC(=O)O)cc1C(=O)Nc1cn(C)c(C(=O)NCCCCNC(=O)OC(C)(C)C)n1. The van der Waals surface area contributed by atoms with Crippen LogP contribution in [0, 0.1) is 0 Å². The fourth-order valence-electron chi connectivity index (χ4n) is 3.44. The Morgan fingerprint density at radius 1 is 0.897 bits per heavy atom. The van der Waals surface area contributed by atoms with Crippen molar-refractivity contribution < 1.29 is 33.8 Å². The molecule has 0 aliphatic rings. The molecule has 0 fully saturated rings. The number of imidazole rings is 1. The Balaban J connectivity index is 1.82. The van der Waals surface area contributed by atoms with E-state index in [1.807, 2.05) is 0 Å². The van der Waals surface area contributed by atoms with Gasteiger partial charge in [0.2, 0.25) is 11.7 Å². The summed E-state index contributed by atoms with van der Waals surface area (Å²) in [6.45, 7) is 6.14. The lowest BCUT2D eigenvalue weighted by Gasteiger charge is -2.19. The van der Waals surface area contributed by atoms with Gasteiger partial charge in [0.05, 0.1) is 5.69 Å². The number of ether oxygens (including phenoxy) is 1. The highest BCUT2D eigenvalue weighted by Crippen LogP contribution is 2.16.